The van der Waals surface area contributed by atoms with Crippen molar-refractivity contribution in [3.8, 4) is 0 Å². The predicted molar refractivity (Wildman–Crippen MR) is 102 cm³/mol. The Hall–Kier alpha value is -2.53. The minimum atomic E-state index is -0.849. The molecule has 2 amide bonds. The molecule has 0 fully saturated rings. The molecule has 138 valence electrons. The fourth-order valence-corrected chi connectivity index (χ4v) is 2.39. The first-order valence-corrected chi connectivity index (χ1v) is 8.69. The van der Waals surface area contributed by atoms with Gasteiger partial charge in [-0.05, 0) is 44.0 Å². The molecule has 0 heterocycles. The zero-order valence-corrected chi connectivity index (χ0v) is 15.8. The van der Waals surface area contributed by atoms with Gasteiger partial charge >= 0.3 is 6.09 Å². The van der Waals surface area contributed by atoms with E-state index in [0.29, 0.717) is 17.1 Å². The number of hydrogen-bond acceptors (Lipinski definition) is 3. The first kappa shape index (κ1) is 19.8. The lowest BCUT2D eigenvalue weighted by Gasteiger charge is -2.23. The van der Waals surface area contributed by atoms with Crippen LogP contribution in [0.5, 0.6) is 0 Å². The second-order valence-electron chi connectivity index (χ2n) is 6.83. The van der Waals surface area contributed by atoms with Crippen LogP contribution >= 0.6 is 11.6 Å². The average molecular weight is 375 g/mol. The topological polar surface area (TPSA) is 67.4 Å². The maximum absolute atomic E-state index is 12.7. The molecule has 0 saturated carbocycles. The SMILES string of the molecule is CC(C)(C)OC(=O)NC(C(=O)NCc1ccc(Cl)cc1)c1ccccc1. The molecule has 1 unspecified atom stereocenters. The van der Waals surface area contributed by atoms with E-state index in [1.54, 1.807) is 45.0 Å². The van der Waals surface area contributed by atoms with Crippen LogP contribution in [0.3, 0.4) is 0 Å². The number of carbonyl (C=O) groups is 2. The van der Waals surface area contributed by atoms with E-state index in [0.717, 1.165) is 5.56 Å². The summed E-state index contributed by atoms with van der Waals surface area (Å²) in [5.74, 6) is -0.322. The second kappa shape index (κ2) is 8.72. The Kier molecular flexibility index (Phi) is 6.64. The van der Waals surface area contributed by atoms with Crippen LogP contribution in [0, 0.1) is 0 Å². The molecule has 26 heavy (non-hydrogen) atoms. The number of hydrogen-bond donors (Lipinski definition) is 2. The molecular weight excluding hydrogens is 352 g/mol. The fourth-order valence-electron chi connectivity index (χ4n) is 2.26. The zero-order chi connectivity index (χ0) is 19.2. The maximum Gasteiger partial charge on any atom is 0.408 e. The smallest absolute Gasteiger partial charge is 0.408 e. The molecule has 1 atom stereocenters. The number of nitrogens with one attached hydrogen (secondary N) is 2. The van der Waals surface area contributed by atoms with Crippen molar-refractivity contribution in [3.63, 3.8) is 0 Å². The van der Waals surface area contributed by atoms with Crippen molar-refractivity contribution in [2.45, 2.75) is 39.0 Å². The zero-order valence-electron chi connectivity index (χ0n) is 15.1. The summed E-state index contributed by atoms with van der Waals surface area (Å²) in [6, 6.07) is 15.4. The largest absolute Gasteiger partial charge is 0.444 e. The highest BCUT2D eigenvalue weighted by Gasteiger charge is 2.25. The first-order valence-electron chi connectivity index (χ1n) is 8.31. The monoisotopic (exact) mass is 374 g/mol. The van der Waals surface area contributed by atoms with E-state index in [1.165, 1.54) is 0 Å². The van der Waals surface area contributed by atoms with Gasteiger partial charge in [-0.25, -0.2) is 4.79 Å². The Morgan fingerprint density at radius 1 is 1.04 bits per heavy atom. The van der Waals surface area contributed by atoms with Crippen molar-refractivity contribution in [1.29, 1.82) is 0 Å². The van der Waals surface area contributed by atoms with Crippen molar-refractivity contribution in [1.82, 2.24) is 10.6 Å². The van der Waals surface area contributed by atoms with Crippen molar-refractivity contribution < 1.29 is 14.3 Å². The molecule has 0 spiro atoms. The molecule has 0 radical (unpaired) electrons. The third-order valence-corrected chi connectivity index (χ3v) is 3.69. The van der Waals surface area contributed by atoms with Gasteiger partial charge in [-0.3, -0.25) is 4.79 Å². The van der Waals surface area contributed by atoms with Crippen molar-refractivity contribution in [3.05, 3.63) is 70.7 Å². The summed E-state index contributed by atoms with van der Waals surface area (Å²) in [7, 11) is 0. The number of halogens is 1. The molecule has 0 aliphatic rings. The molecule has 2 N–H and O–H groups in total. The summed E-state index contributed by atoms with van der Waals surface area (Å²) in [5, 5.41) is 6.11. The van der Waals surface area contributed by atoms with Gasteiger partial charge in [-0.2, -0.15) is 0 Å². The van der Waals surface area contributed by atoms with Gasteiger partial charge in [0.2, 0.25) is 5.91 Å². The van der Waals surface area contributed by atoms with Crippen LogP contribution in [0.4, 0.5) is 4.79 Å². The van der Waals surface area contributed by atoms with E-state index in [-0.39, 0.29) is 5.91 Å². The van der Waals surface area contributed by atoms with Gasteiger partial charge in [0, 0.05) is 11.6 Å². The van der Waals surface area contributed by atoms with Crippen LogP contribution in [0.1, 0.15) is 37.9 Å². The van der Waals surface area contributed by atoms with E-state index in [4.69, 9.17) is 16.3 Å². The lowest BCUT2D eigenvalue weighted by atomic mass is 10.1. The Morgan fingerprint density at radius 3 is 2.23 bits per heavy atom. The predicted octanol–water partition coefficient (Wildman–Crippen LogP) is 4.22. The third kappa shape index (κ3) is 6.41. The van der Waals surface area contributed by atoms with E-state index in [2.05, 4.69) is 10.6 Å². The molecule has 0 aromatic heterocycles. The molecule has 0 bridgehead atoms. The first-order chi connectivity index (χ1) is 12.2. The molecule has 5 nitrogen and oxygen atoms in total. The van der Waals surface area contributed by atoms with Crippen LogP contribution in [0.25, 0.3) is 0 Å². The second-order valence-corrected chi connectivity index (χ2v) is 7.27. The van der Waals surface area contributed by atoms with Gasteiger partial charge in [0.15, 0.2) is 0 Å². The maximum atomic E-state index is 12.7. The minimum absolute atomic E-state index is 0.322. The standard InChI is InChI=1S/C20H23ClN2O3/c1-20(2,3)26-19(25)23-17(15-7-5-4-6-8-15)18(24)22-13-14-9-11-16(21)12-10-14/h4-12,17H,13H2,1-3H3,(H,22,24)(H,23,25). The van der Waals surface area contributed by atoms with E-state index in [9.17, 15) is 9.59 Å². The van der Waals surface area contributed by atoms with Crippen molar-refractivity contribution in [2.24, 2.45) is 0 Å². The Labute approximate surface area is 158 Å². The summed E-state index contributed by atoms with van der Waals surface area (Å²) in [4.78, 5) is 24.8. The summed E-state index contributed by atoms with van der Waals surface area (Å²) in [5.41, 5.74) is 0.935. The van der Waals surface area contributed by atoms with E-state index in [1.807, 2.05) is 30.3 Å². The summed E-state index contributed by atoms with van der Waals surface area (Å²) >= 11 is 5.87. The van der Waals surface area contributed by atoms with Gasteiger partial charge in [0.1, 0.15) is 11.6 Å². The Balaban J connectivity index is 2.08. The van der Waals surface area contributed by atoms with Gasteiger partial charge in [-0.1, -0.05) is 54.1 Å². The Morgan fingerprint density at radius 2 is 1.65 bits per heavy atom. The molecule has 0 aliphatic heterocycles. The molecule has 2 rings (SSSR count). The summed E-state index contributed by atoms with van der Waals surface area (Å²) < 4.78 is 5.27. The summed E-state index contributed by atoms with van der Waals surface area (Å²) in [6.45, 7) is 5.63. The number of benzene rings is 2. The lowest BCUT2D eigenvalue weighted by molar-refractivity contribution is -0.123. The highest BCUT2D eigenvalue weighted by Crippen LogP contribution is 2.16. The Bertz CT molecular complexity index is 740. The molecule has 0 saturated heterocycles. The molecule has 6 heteroatoms. The van der Waals surface area contributed by atoms with Gasteiger partial charge in [-0.15, -0.1) is 0 Å². The van der Waals surface area contributed by atoms with E-state index >= 15 is 0 Å². The number of carbonyl (C=O) groups excluding carboxylic acids is 2. The summed E-state index contributed by atoms with van der Waals surface area (Å²) in [6.07, 6.45) is -0.645. The fraction of sp³-hybridized carbons (Fsp3) is 0.300. The average Bonchev–Trinajstić information content (AvgIpc) is 2.58. The van der Waals surface area contributed by atoms with Crippen molar-refractivity contribution in [2.75, 3.05) is 0 Å². The quantitative estimate of drug-likeness (QED) is 0.823. The van der Waals surface area contributed by atoms with E-state index < -0.39 is 17.7 Å². The molecule has 0 aliphatic carbocycles. The number of rotatable bonds is 5. The molecule has 2 aromatic carbocycles. The van der Waals surface area contributed by atoms with Gasteiger partial charge in [0.25, 0.3) is 0 Å². The third-order valence-electron chi connectivity index (χ3n) is 3.44. The van der Waals surface area contributed by atoms with Crippen molar-refractivity contribution >= 4 is 23.6 Å². The van der Waals surface area contributed by atoms with Crippen LogP contribution in [-0.4, -0.2) is 17.6 Å². The minimum Gasteiger partial charge on any atom is -0.444 e. The lowest BCUT2D eigenvalue weighted by Crippen LogP contribution is -2.42. The van der Waals surface area contributed by atoms with Crippen LogP contribution in [0.15, 0.2) is 54.6 Å². The highest BCUT2D eigenvalue weighted by atomic mass is 35.5. The molecule has 2 aromatic rings. The van der Waals surface area contributed by atoms with Crippen LogP contribution < -0.4 is 10.6 Å². The molecular formula is C20H23ClN2O3. The van der Waals surface area contributed by atoms with Crippen LogP contribution in [0.2, 0.25) is 5.02 Å². The van der Waals surface area contributed by atoms with Gasteiger partial charge in [0.05, 0.1) is 0 Å². The number of alkyl carbamates (subject to hydrolysis) is 1. The highest BCUT2D eigenvalue weighted by molar-refractivity contribution is 6.30. The van der Waals surface area contributed by atoms with Crippen LogP contribution in [-0.2, 0) is 16.1 Å². The normalized spacial score (nSPS) is 12.2. The number of ether oxygens (including phenoxy) is 1. The van der Waals surface area contributed by atoms with Gasteiger partial charge < -0.3 is 15.4 Å². The number of amides is 2.